The maximum atomic E-state index is 12.3. The van der Waals surface area contributed by atoms with Gasteiger partial charge < -0.3 is 10.1 Å². The Morgan fingerprint density at radius 3 is 2.47 bits per heavy atom. The van der Waals surface area contributed by atoms with E-state index in [4.69, 9.17) is 4.74 Å². The van der Waals surface area contributed by atoms with Crippen LogP contribution in [0.2, 0.25) is 0 Å². The lowest BCUT2D eigenvalue weighted by atomic mass is 10.1. The van der Waals surface area contributed by atoms with Crippen molar-refractivity contribution in [3.63, 3.8) is 0 Å². The summed E-state index contributed by atoms with van der Waals surface area (Å²) < 4.78 is 17.8. The second kappa shape index (κ2) is 7.06. The Labute approximate surface area is 119 Å². The molecule has 0 aliphatic rings. The quantitative estimate of drug-likeness (QED) is 0.872. The minimum Gasteiger partial charge on any atom is -0.494 e. The van der Waals surface area contributed by atoms with Crippen LogP contribution < -0.4 is 10.1 Å². The Bertz CT molecular complexity index is 426. The highest BCUT2D eigenvalue weighted by Crippen LogP contribution is 2.27. The first kappa shape index (κ1) is 16.2. The average molecular weight is 283 g/mol. The molecule has 1 aromatic rings. The molecule has 0 amide bonds. The minimum absolute atomic E-state index is 0.0443. The van der Waals surface area contributed by atoms with Gasteiger partial charge in [-0.2, -0.15) is 0 Å². The molecular weight excluding hydrogens is 258 g/mol. The first-order valence-corrected chi connectivity index (χ1v) is 7.99. The van der Waals surface area contributed by atoms with Crippen LogP contribution in [0.5, 0.6) is 5.75 Å². The largest absolute Gasteiger partial charge is 0.494 e. The molecule has 0 aliphatic carbocycles. The zero-order valence-electron chi connectivity index (χ0n) is 12.5. The Kier molecular flexibility index (Phi) is 6.01. The third kappa shape index (κ3) is 4.62. The highest BCUT2D eigenvalue weighted by Gasteiger charge is 2.24. The van der Waals surface area contributed by atoms with Crippen LogP contribution in [0.3, 0.4) is 0 Å². The van der Waals surface area contributed by atoms with Gasteiger partial charge in [-0.15, -0.1) is 0 Å². The molecule has 108 valence electrons. The number of benzene rings is 1. The third-order valence-electron chi connectivity index (χ3n) is 2.94. The van der Waals surface area contributed by atoms with Gasteiger partial charge in [-0.1, -0.05) is 18.2 Å². The van der Waals surface area contributed by atoms with Gasteiger partial charge in [-0.25, -0.2) is 0 Å². The summed E-state index contributed by atoms with van der Waals surface area (Å²) in [6.45, 7) is 8.62. The van der Waals surface area contributed by atoms with Gasteiger partial charge in [0.05, 0.1) is 6.61 Å². The van der Waals surface area contributed by atoms with E-state index >= 15 is 0 Å². The van der Waals surface area contributed by atoms with Crippen LogP contribution >= 0.6 is 0 Å². The van der Waals surface area contributed by atoms with E-state index in [2.05, 4.69) is 5.32 Å². The highest BCUT2D eigenvalue weighted by molar-refractivity contribution is 7.86. The summed E-state index contributed by atoms with van der Waals surface area (Å²) in [6, 6.07) is 7.99. The van der Waals surface area contributed by atoms with Crippen LogP contribution in [0.25, 0.3) is 0 Å². The van der Waals surface area contributed by atoms with Crippen molar-refractivity contribution in [3.05, 3.63) is 29.8 Å². The molecule has 0 fully saturated rings. The molecule has 4 heteroatoms. The highest BCUT2D eigenvalue weighted by atomic mass is 32.2. The summed E-state index contributed by atoms with van der Waals surface area (Å²) >= 11 is 0. The van der Waals surface area contributed by atoms with Gasteiger partial charge in [0.15, 0.2) is 0 Å². The second-order valence-electron chi connectivity index (χ2n) is 5.44. The molecule has 3 nitrogen and oxygen atoms in total. The number of rotatable bonds is 6. The van der Waals surface area contributed by atoms with E-state index in [1.54, 1.807) is 0 Å². The van der Waals surface area contributed by atoms with E-state index in [1.165, 1.54) is 0 Å². The van der Waals surface area contributed by atoms with Gasteiger partial charge in [0.25, 0.3) is 0 Å². The summed E-state index contributed by atoms with van der Waals surface area (Å²) in [5, 5.41) is 3.25. The van der Waals surface area contributed by atoms with Gasteiger partial charge in [0.2, 0.25) is 0 Å². The molecular formula is C15H25NO2S. The molecule has 1 N–H and O–H groups in total. The fourth-order valence-corrected chi connectivity index (χ4v) is 2.93. The fraction of sp³-hybridized carbons (Fsp3) is 0.600. The Hall–Kier alpha value is -0.870. The molecule has 0 spiro atoms. The van der Waals surface area contributed by atoms with Crippen LogP contribution in [0.15, 0.2) is 24.3 Å². The topological polar surface area (TPSA) is 38.3 Å². The normalized spacial score (nSPS) is 15.0. The average Bonchev–Trinajstić information content (AvgIpc) is 2.36. The maximum absolute atomic E-state index is 12.3. The summed E-state index contributed by atoms with van der Waals surface area (Å²) in [5.41, 5.74) is 1.07. The smallest absolute Gasteiger partial charge is 0.124 e. The van der Waals surface area contributed by atoms with Crippen molar-refractivity contribution >= 4 is 10.8 Å². The van der Waals surface area contributed by atoms with Crippen molar-refractivity contribution in [3.8, 4) is 5.75 Å². The molecule has 19 heavy (non-hydrogen) atoms. The van der Waals surface area contributed by atoms with Crippen LogP contribution in [0, 0.1) is 0 Å². The molecule has 0 saturated carbocycles. The van der Waals surface area contributed by atoms with Gasteiger partial charge >= 0.3 is 0 Å². The molecule has 2 unspecified atom stereocenters. The summed E-state index contributed by atoms with van der Waals surface area (Å²) in [4.78, 5) is 0. The Morgan fingerprint density at radius 2 is 1.95 bits per heavy atom. The van der Waals surface area contributed by atoms with E-state index in [0.717, 1.165) is 11.3 Å². The number of ether oxygens (including phenoxy) is 1. The monoisotopic (exact) mass is 283 g/mol. The first-order valence-electron chi connectivity index (χ1n) is 6.67. The predicted octanol–water partition coefficient (Wildman–Crippen LogP) is 2.89. The maximum Gasteiger partial charge on any atom is 0.124 e. The van der Waals surface area contributed by atoms with E-state index < -0.39 is 10.8 Å². The number of hydrogen-bond acceptors (Lipinski definition) is 3. The summed E-state index contributed by atoms with van der Waals surface area (Å²) in [6.07, 6.45) is 0. The van der Waals surface area contributed by atoms with E-state index in [1.807, 2.05) is 59.0 Å². The van der Waals surface area contributed by atoms with Crippen LogP contribution in [0.1, 0.15) is 39.3 Å². The van der Waals surface area contributed by atoms with Crippen molar-refractivity contribution in [2.24, 2.45) is 0 Å². The standard InChI is InChI=1S/C15H25NO2S/c1-6-18-14-10-8-7-9-12(14)13(16-5)11-19(17)15(2,3)4/h7-10,13,16H,6,11H2,1-5H3. The predicted molar refractivity (Wildman–Crippen MR) is 82.2 cm³/mol. The second-order valence-corrected chi connectivity index (χ2v) is 7.69. The summed E-state index contributed by atoms with van der Waals surface area (Å²) in [7, 11) is 0.998. The molecule has 0 aliphatic heterocycles. The molecule has 0 heterocycles. The molecule has 0 radical (unpaired) electrons. The lowest BCUT2D eigenvalue weighted by Crippen LogP contribution is -2.31. The molecule has 0 bridgehead atoms. The fourth-order valence-electron chi connectivity index (χ4n) is 1.79. The van der Waals surface area contributed by atoms with E-state index in [9.17, 15) is 4.21 Å². The first-order chi connectivity index (χ1) is 8.90. The molecule has 2 atom stereocenters. The van der Waals surface area contributed by atoms with Crippen LogP contribution in [0.4, 0.5) is 0 Å². The van der Waals surface area contributed by atoms with Gasteiger partial charge in [0, 0.05) is 32.9 Å². The third-order valence-corrected chi connectivity index (χ3v) is 4.95. The minimum atomic E-state index is -0.898. The van der Waals surface area contributed by atoms with Gasteiger partial charge in [0.1, 0.15) is 5.75 Å². The molecule has 1 aromatic carbocycles. The lowest BCUT2D eigenvalue weighted by molar-refractivity contribution is 0.333. The SMILES string of the molecule is CCOc1ccccc1C(CS(=O)C(C)(C)C)NC. The Morgan fingerprint density at radius 1 is 1.32 bits per heavy atom. The van der Waals surface area contributed by atoms with Crippen molar-refractivity contribution in [1.82, 2.24) is 5.32 Å². The van der Waals surface area contributed by atoms with Crippen LogP contribution in [-0.2, 0) is 10.8 Å². The van der Waals surface area contributed by atoms with E-state index in [0.29, 0.717) is 12.4 Å². The van der Waals surface area contributed by atoms with Crippen molar-refractivity contribution in [1.29, 1.82) is 0 Å². The zero-order chi connectivity index (χ0) is 14.5. The lowest BCUT2D eigenvalue weighted by Gasteiger charge is -2.24. The zero-order valence-corrected chi connectivity index (χ0v) is 13.3. The number of hydrogen-bond donors (Lipinski definition) is 1. The van der Waals surface area contributed by atoms with Crippen LogP contribution in [-0.4, -0.2) is 28.4 Å². The van der Waals surface area contributed by atoms with E-state index in [-0.39, 0.29) is 10.8 Å². The number of para-hydroxylation sites is 1. The van der Waals surface area contributed by atoms with Crippen molar-refractivity contribution in [2.75, 3.05) is 19.4 Å². The van der Waals surface area contributed by atoms with Crippen molar-refractivity contribution < 1.29 is 8.95 Å². The summed E-state index contributed by atoms with van der Waals surface area (Å²) in [5.74, 6) is 1.46. The number of nitrogens with one attached hydrogen (secondary N) is 1. The van der Waals surface area contributed by atoms with Crippen molar-refractivity contribution in [2.45, 2.75) is 38.5 Å². The van der Waals surface area contributed by atoms with Gasteiger partial charge in [-0.05, 0) is 40.8 Å². The molecule has 0 aromatic heterocycles. The molecule has 1 rings (SSSR count). The van der Waals surface area contributed by atoms with Gasteiger partial charge in [-0.3, -0.25) is 4.21 Å². The molecule has 0 saturated heterocycles. The Balaban J connectivity index is 2.94.